The molecule has 206 valence electrons. The van der Waals surface area contributed by atoms with Gasteiger partial charge in [-0.1, -0.05) is 12.8 Å². The Morgan fingerprint density at radius 2 is 1.24 bits per heavy atom. The van der Waals surface area contributed by atoms with Gasteiger partial charge in [-0.05, 0) is 37.0 Å². The highest BCUT2D eigenvalue weighted by atomic mass is 16.5. The quantitative estimate of drug-likeness (QED) is 0.441. The monoisotopic (exact) mass is 523 g/mol. The third kappa shape index (κ3) is 9.45. The summed E-state index contributed by atoms with van der Waals surface area (Å²) >= 11 is 0. The highest BCUT2D eigenvalue weighted by Gasteiger charge is 2.24. The van der Waals surface area contributed by atoms with Crippen molar-refractivity contribution >= 4 is 23.8 Å². The molecule has 2 fully saturated rings. The van der Waals surface area contributed by atoms with Crippen molar-refractivity contribution in [2.45, 2.75) is 38.5 Å². The fraction of sp³-hybridized carbons (Fsp3) is 0.600. The lowest BCUT2D eigenvalue weighted by molar-refractivity contribution is -0.159. The van der Waals surface area contributed by atoms with E-state index in [0.29, 0.717) is 44.0 Å². The Labute approximate surface area is 216 Å². The van der Waals surface area contributed by atoms with E-state index in [-0.39, 0.29) is 17.6 Å². The van der Waals surface area contributed by atoms with Gasteiger partial charge in [0.05, 0.1) is 20.8 Å². The van der Waals surface area contributed by atoms with E-state index in [1.807, 2.05) is 9.80 Å². The van der Waals surface area contributed by atoms with Crippen LogP contribution >= 0.6 is 0 Å². The number of hydrogen-bond acceptors (Lipinski definition) is 8. The minimum absolute atomic E-state index is 0.0362. The molecule has 0 radical (unpaired) electrons. The molecule has 0 atom stereocenters. The van der Waals surface area contributed by atoms with Gasteiger partial charge in [0.1, 0.15) is 0 Å². The van der Waals surface area contributed by atoms with Gasteiger partial charge in [0.25, 0.3) is 0 Å². The number of likely N-dealkylation sites (tertiary alicyclic amines) is 1. The second-order valence-electron chi connectivity index (χ2n) is 8.91. The number of carboxylic acid groups (broad SMARTS) is 2. The number of aliphatic carboxylic acids is 2. The molecule has 2 heterocycles. The number of phenolic OH excluding ortho intramolecular Hbond substituents is 1. The summed E-state index contributed by atoms with van der Waals surface area (Å²) in [4.78, 5) is 49.5. The first-order valence-electron chi connectivity index (χ1n) is 12.3. The van der Waals surface area contributed by atoms with Crippen molar-refractivity contribution in [2.24, 2.45) is 0 Å². The molecular weight excluding hydrogens is 486 g/mol. The first-order chi connectivity index (χ1) is 17.7. The Morgan fingerprint density at radius 1 is 0.757 bits per heavy atom. The number of amides is 2. The van der Waals surface area contributed by atoms with Crippen LogP contribution in [0.1, 0.15) is 37.7 Å². The SMILES string of the molecule is COc1cc(CCC(=O)N2CCN(CC(=O)N3CCCCCC3)CC2)cc(OC)c1O.O=C(O)C(=O)O. The van der Waals surface area contributed by atoms with Crippen LogP contribution in [-0.2, 0) is 25.6 Å². The predicted molar refractivity (Wildman–Crippen MR) is 133 cm³/mol. The fourth-order valence-corrected chi connectivity index (χ4v) is 4.27. The van der Waals surface area contributed by atoms with Gasteiger partial charge in [-0.3, -0.25) is 14.5 Å². The van der Waals surface area contributed by atoms with Gasteiger partial charge >= 0.3 is 11.9 Å². The molecule has 0 unspecified atom stereocenters. The molecule has 0 aromatic heterocycles. The second-order valence-corrected chi connectivity index (χ2v) is 8.91. The summed E-state index contributed by atoms with van der Waals surface area (Å²) in [6.45, 7) is 4.96. The largest absolute Gasteiger partial charge is 0.502 e. The van der Waals surface area contributed by atoms with Gasteiger partial charge in [0, 0.05) is 45.7 Å². The van der Waals surface area contributed by atoms with Crippen LogP contribution in [-0.4, -0.2) is 114 Å². The van der Waals surface area contributed by atoms with E-state index >= 15 is 0 Å². The van der Waals surface area contributed by atoms with Gasteiger partial charge in [-0.25, -0.2) is 9.59 Å². The number of carbonyl (C=O) groups is 4. The number of hydrogen-bond donors (Lipinski definition) is 3. The number of aryl methyl sites for hydroxylation is 1. The Balaban J connectivity index is 0.000000717. The number of carbonyl (C=O) groups excluding carboxylic acids is 2. The molecule has 0 saturated carbocycles. The number of aromatic hydroxyl groups is 1. The molecule has 37 heavy (non-hydrogen) atoms. The van der Waals surface area contributed by atoms with Crippen molar-refractivity contribution in [3.8, 4) is 17.2 Å². The number of carboxylic acids is 2. The predicted octanol–water partition coefficient (Wildman–Crippen LogP) is 1.04. The lowest BCUT2D eigenvalue weighted by Gasteiger charge is -2.35. The zero-order valence-corrected chi connectivity index (χ0v) is 21.5. The molecule has 2 saturated heterocycles. The second kappa shape index (κ2) is 14.9. The molecular formula is C25H37N3O9. The Bertz CT molecular complexity index is 900. The number of phenols is 1. The molecule has 1 aromatic carbocycles. The molecule has 0 aliphatic carbocycles. The third-order valence-electron chi connectivity index (χ3n) is 6.39. The van der Waals surface area contributed by atoms with Crippen LogP contribution in [0.5, 0.6) is 17.2 Å². The summed E-state index contributed by atoms with van der Waals surface area (Å²) in [5, 5.41) is 24.8. The van der Waals surface area contributed by atoms with Crippen LogP contribution in [0, 0.1) is 0 Å². The molecule has 1 aromatic rings. The molecule has 12 heteroatoms. The Morgan fingerprint density at radius 3 is 1.70 bits per heavy atom. The van der Waals surface area contributed by atoms with Gasteiger partial charge in [0.2, 0.25) is 17.6 Å². The number of ether oxygens (including phenoxy) is 2. The van der Waals surface area contributed by atoms with Crippen molar-refractivity contribution in [3.63, 3.8) is 0 Å². The first kappa shape index (κ1) is 29.7. The average molecular weight is 524 g/mol. The van der Waals surface area contributed by atoms with E-state index in [1.165, 1.54) is 27.1 Å². The summed E-state index contributed by atoms with van der Waals surface area (Å²) < 4.78 is 10.4. The summed E-state index contributed by atoms with van der Waals surface area (Å²) in [6, 6.07) is 3.47. The molecule has 2 aliphatic rings. The van der Waals surface area contributed by atoms with Crippen molar-refractivity contribution in [2.75, 3.05) is 60.0 Å². The zero-order valence-electron chi connectivity index (χ0n) is 21.5. The van der Waals surface area contributed by atoms with Crippen molar-refractivity contribution in [1.29, 1.82) is 0 Å². The molecule has 3 N–H and O–H groups in total. The molecule has 3 rings (SSSR count). The van der Waals surface area contributed by atoms with Crippen LogP contribution in [0.15, 0.2) is 12.1 Å². The molecule has 0 bridgehead atoms. The highest BCUT2D eigenvalue weighted by Crippen LogP contribution is 2.37. The van der Waals surface area contributed by atoms with E-state index < -0.39 is 11.9 Å². The van der Waals surface area contributed by atoms with E-state index in [4.69, 9.17) is 29.3 Å². The Hall–Kier alpha value is -3.54. The van der Waals surface area contributed by atoms with Crippen LogP contribution in [0.4, 0.5) is 0 Å². The highest BCUT2D eigenvalue weighted by molar-refractivity contribution is 6.27. The lowest BCUT2D eigenvalue weighted by Crippen LogP contribution is -2.51. The number of piperazine rings is 1. The molecule has 0 spiro atoms. The summed E-state index contributed by atoms with van der Waals surface area (Å²) in [5.74, 6) is -2.69. The fourth-order valence-electron chi connectivity index (χ4n) is 4.27. The minimum atomic E-state index is -1.82. The van der Waals surface area contributed by atoms with E-state index in [0.717, 1.165) is 44.6 Å². The maximum Gasteiger partial charge on any atom is 0.414 e. The molecule has 2 amide bonds. The summed E-state index contributed by atoms with van der Waals surface area (Å²) in [5.41, 5.74) is 0.876. The topological polar surface area (TPSA) is 157 Å². The average Bonchev–Trinajstić information content (AvgIpc) is 3.18. The first-order valence-corrected chi connectivity index (χ1v) is 12.3. The van der Waals surface area contributed by atoms with Crippen LogP contribution in [0.25, 0.3) is 0 Å². The standard InChI is InChI=1S/C23H35N3O5.C2H2O4/c1-30-19-15-18(16-20(31-2)23(19)29)7-8-21(27)26-13-11-24(12-14-26)17-22(28)25-9-5-3-4-6-10-25;3-1(4)2(5)6/h15-16,29H,3-14,17H2,1-2H3;(H,3,4)(H,5,6). The van der Waals surface area contributed by atoms with Gasteiger partial charge < -0.3 is 34.6 Å². The lowest BCUT2D eigenvalue weighted by atomic mass is 10.1. The number of nitrogens with zero attached hydrogens (tertiary/aromatic N) is 3. The number of benzene rings is 1. The van der Waals surface area contributed by atoms with Crippen LogP contribution in [0.2, 0.25) is 0 Å². The maximum atomic E-state index is 12.7. The van der Waals surface area contributed by atoms with E-state index in [2.05, 4.69) is 4.90 Å². The van der Waals surface area contributed by atoms with Crippen molar-refractivity contribution < 1.29 is 44.0 Å². The van der Waals surface area contributed by atoms with E-state index in [9.17, 15) is 14.7 Å². The van der Waals surface area contributed by atoms with E-state index in [1.54, 1.807) is 12.1 Å². The van der Waals surface area contributed by atoms with Gasteiger partial charge in [-0.2, -0.15) is 0 Å². The summed E-state index contributed by atoms with van der Waals surface area (Å²) in [7, 11) is 2.97. The van der Waals surface area contributed by atoms with Gasteiger partial charge in [-0.15, -0.1) is 0 Å². The minimum Gasteiger partial charge on any atom is -0.502 e. The third-order valence-corrected chi connectivity index (χ3v) is 6.39. The van der Waals surface area contributed by atoms with Crippen LogP contribution < -0.4 is 9.47 Å². The molecule has 12 nitrogen and oxygen atoms in total. The Kier molecular flexibility index (Phi) is 11.9. The molecule has 2 aliphatic heterocycles. The normalized spacial score (nSPS) is 16.2. The smallest absolute Gasteiger partial charge is 0.414 e. The van der Waals surface area contributed by atoms with Crippen LogP contribution in [0.3, 0.4) is 0 Å². The zero-order chi connectivity index (χ0) is 27.4. The van der Waals surface area contributed by atoms with Crippen molar-refractivity contribution in [3.05, 3.63) is 17.7 Å². The van der Waals surface area contributed by atoms with Gasteiger partial charge in [0.15, 0.2) is 11.5 Å². The summed E-state index contributed by atoms with van der Waals surface area (Å²) in [6.07, 6.45) is 5.56. The number of rotatable bonds is 7. The van der Waals surface area contributed by atoms with Crippen molar-refractivity contribution in [1.82, 2.24) is 14.7 Å². The number of methoxy groups -OCH3 is 2. The maximum absolute atomic E-state index is 12.7.